The number of hydrogen-bond acceptors (Lipinski definition) is 4. The Morgan fingerprint density at radius 3 is 2.67 bits per heavy atom. The van der Waals surface area contributed by atoms with Crippen LogP contribution in [-0.2, 0) is 9.47 Å². The number of nitrogens with one attached hydrogen (secondary N) is 1. The lowest BCUT2D eigenvalue weighted by Crippen LogP contribution is -2.34. The summed E-state index contributed by atoms with van der Waals surface area (Å²) in [6.45, 7) is 2.26. The van der Waals surface area contributed by atoms with E-state index in [1.807, 2.05) is 18.4 Å². The van der Waals surface area contributed by atoms with Crippen molar-refractivity contribution in [1.82, 2.24) is 5.32 Å². The maximum absolute atomic E-state index is 11.7. The van der Waals surface area contributed by atoms with Gasteiger partial charge in [-0.2, -0.15) is 0 Å². The molecule has 0 fully saturated rings. The van der Waals surface area contributed by atoms with Crippen LogP contribution in [0, 0.1) is 6.92 Å². The van der Waals surface area contributed by atoms with Crippen LogP contribution in [0.4, 0.5) is 0 Å². The second kappa shape index (κ2) is 5.85. The summed E-state index contributed by atoms with van der Waals surface area (Å²) in [5, 5.41) is 4.65. The summed E-state index contributed by atoms with van der Waals surface area (Å²) >= 11 is 1.43. The van der Waals surface area contributed by atoms with E-state index in [9.17, 15) is 4.79 Å². The first kappa shape index (κ1) is 12.2. The Bertz CT molecular complexity index is 320. The second-order valence-electron chi connectivity index (χ2n) is 3.04. The first-order chi connectivity index (χ1) is 7.19. The van der Waals surface area contributed by atoms with Crippen LogP contribution >= 0.6 is 11.3 Å². The predicted molar refractivity (Wildman–Crippen MR) is 59.2 cm³/mol. The Morgan fingerprint density at radius 2 is 2.20 bits per heavy atom. The summed E-state index contributed by atoms with van der Waals surface area (Å²) in [6, 6.07) is 1.92. The molecule has 1 heterocycles. The molecule has 1 aromatic heterocycles. The van der Waals surface area contributed by atoms with Crippen molar-refractivity contribution >= 4 is 17.2 Å². The van der Waals surface area contributed by atoms with E-state index in [0.29, 0.717) is 6.54 Å². The number of aryl methyl sites for hydroxylation is 1. The first-order valence-corrected chi connectivity index (χ1v) is 5.45. The fourth-order valence-electron chi connectivity index (χ4n) is 1.12. The van der Waals surface area contributed by atoms with Gasteiger partial charge in [0.1, 0.15) is 0 Å². The van der Waals surface area contributed by atoms with Crippen molar-refractivity contribution in [2.45, 2.75) is 13.2 Å². The second-order valence-corrected chi connectivity index (χ2v) is 3.96. The van der Waals surface area contributed by atoms with Gasteiger partial charge in [0.2, 0.25) is 0 Å². The summed E-state index contributed by atoms with van der Waals surface area (Å²) in [6.07, 6.45) is -0.394. The topological polar surface area (TPSA) is 47.6 Å². The average molecular weight is 229 g/mol. The molecule has 1 N–H and O–H groups in total. The van der Waals surface area contributed by atoms with Crippen LogP contribution in [0.3, 0.4) is 0 Å². The molecular formula is C10H15NO3S. The molecule has 0 saturated carbocycles. The van der Waals surface area contributed by atoms with Gasteiger partial charge in [-0.05, 0) is 23.9 Å². The Kier molecular flexibility index (Phi) is 4.74. The molecule has 1 amide bonds. The standard InChI is InChI=1S/C10H15NO3S/c1-7-4-5-15-9(7)10(12)11-6-8(13-2)14-3/h4-5,8H,6H2,1-3H3,(H,11,12). The van der Waals surface area contributed by atoms with Crippen molar-refractivity contribution in [2.75, 3.05) is 20.8 Å². The van der Waals surface area contributed by atoms with Gasteiger partial charge in [0.15, 0.2) is 6.29 Å². The number of ether oxygens (including phenoxy) is 2. The highest BCUT2D eigenvalue weighted by Gasteiger charge is 2.12. The van der Waals surface area contributed by atoms with Gasteiger partial charge in [0.25, 0.3) is 5.91 Å². The van der Waals surface area contributed by atoms with Crippen LogP contribution in [0.25, 0.3) is 0 Å². The average Bonchev–Trinajstić information content (AvgIpc) is 2.66. The number of thiophene rings is 1. The normalized spacial score (nSPS) is 10.7. The Hall–Kier alpha value is -0.910. The molecule has 84 valence electrons. The minimum atomic E-state index is -0.394. The highest BCUT2D eigenvalue weighted by atomic mass is 32.1. The molecule has 0 aromatic carbocycles. The van der Waals surface area contributed by atoms with Gasteiger partial charge in [0.05, 0.1) is 11.4 Å². The first-order valence-electron chi connectivity index (χ1n) is 4.57. The molecule has 0 aliphatic rings. The van der Waals surface area contributed by atoms with Gasteiger partial charge in [-0.3, -0.25) is 4.79 Å². The Morgan fingerprint density at radius 1 is 1.53 bits per heavy atom. The minimum Gasteiger partial charge on any atom is -0.354 e. The molecule has 0 spiro atoms. The molecule has 0 aliphatic carbocycles. The molecule has 4 nitrogen and oxygen atoms in total. The Labute approximate surface area is 93.2 Å². The fraction of sp³-hybridized carbons (Fsp3) is 0.500. The number of hydrogen-bond donors (Lipinski definition) is 1. The van der Waals surface area contributed by atoms with Crippen molar-refractivity contribution in [1.29, 1.82) is 0 Å². The zero-order valence-electron chi connectivity index (χ0n) is 9.07. The molecule has 0 saturated heterocycles. The summed E-state index contributed by atoms with van der Waals surface area (Å²) in [5.74, 6) is -0.0819. The van der Waals surface area contributed by atoms with Gasteiger partial charge in [-0.25, -0.2) is 0 Å². The summed E-state index contributed by atoms with van der Waals surface area (Å²) < 4.78 is 9.93. The van der Waals surface area contributed by atoms with Gasteiger partial charge in [-0.1, -0.05) is 0 Å². The minimum absolute atomic E-state index is 0.0819. The van der Waals surface area contributed by atoms with Gasteiger partial charge < -0.3 is 14.8 Å². The van der Waals surface area contributed by atoms with Crippen molar-refractivity contribution in [2.24, 2.45) is 0 Å². The van der Waals surface area contributed by atoms with Crippen LogP contribution in [0.5, 0.6) is 0 Å². The number of methoxy groups -OCH3 is 2. The molecule has 15 heavy (non-hydrogen) atoms. The van der Waals surface area contributed by atoms with E-state index in [1.165, 1.54) is 25.6 Å². The molecule has 0 radical (unpaired) electrons. The van der Waals surface area contributed by atoms with Crippen molar-refractivity contribution in [3.63, 3.8) is 0 Å². The van der Waals surface area contributed by atoms with Crippen LogP contribution in [0.1, 0.15) is 15.2 Å². The summed E-state index contributed by atoms with van der Waals surface area (Å²) in [5.41, 5.74) is 0.990. The van der Waals surface area contributed by atoms with Crippen LogP contribution in [0.2, 0.25) is 0 Å². The molecular weight excluding hydrogens is 214 g/mol. The van der Waals surface area contributed by atoms with E-state index in [2.05, 4.69) is 5.32 Å². The van der Waals surface area contributed by atoms with E-state index < -0.39 is 6.29 Å². The fourth-order valence-corrected chi connectivity index (χ4v) is 1.97. The van der Waals surface area contributed by atoms with Crippen LogP contribution in [0.15, 0.2) is 11.4 Å². The third kappa shape index (κ3) is 3.30. The smallest absolute Gasteiger partial charge is 0.261 e. The SMILES string of the molecule is COC(CNC(=O)c1sccc1C)OC. The lowest BCUT2D eigenvalue weighted by atomic mass is 10.3. The van der Waals surface area contributed by atoms with E-state index in [1.54, 1.807) is 0 Å². The summed E-state index contributed by atoms with van der Waals surface area (Å²) in [7, 11) is 3.08. The maximum Gasteiger partial charge on any atom is 0.261 e. The highest BCUT2D eigenvalue weighted by molar-refractivity contribution is 7.12. The van der Waals surface area contributed by atoms with Crippen molar-refractivity contribution in [3.05, 3.63) is 21.9 Å². The highest BCUT2D eigenvalue weighted by Crippen LogP contribution is 2.14. The number of rotatable bonds is 5. The Balaban J connectivity index is 2.47. The third-order valence-corrected chi connectivity index (χ3v) is 3.04. The molecule has 1 aromatic rings. The monoisotopic (exact) mass is 229 g/mol. The van der Waals surface area contributed by atoms with Gasteiger partial charge in [-0.15, -0.1) is 11.3 Å². The maximum atomic E-state index is 11.7. The summed E-state index contributed by atoms with van der Waals surface area (Å²) in [4.78, 5) is 12.4. The zero-order valence-corrected chi connectivity index (χ0v) is 9.89. The predicted octanol–water partition coefficient (Wildman–Crippen LogP) is 1.41. The van der Waals surface area contributed by atoms with E-state index in [0.717, 1.165) is 10.4 Å². The van der Waals surface area contributed by atoms with E-state index in [-0.39, 0.29) is 5.91 Å². The van der Waals surface area contributed by atoms with Gasteiger partial charge >= 0.3 is 0 Å². The van der Waals surface area contributed by atoms with Crippen LogP contribution in [-0.4, -0.2) is 33.0 Å². The van der Waals surface area contributed by atoms with E-state index >= 15 is 0 Å². The number of carbonyl (C=O) groups excluding carboxylic acids is 1. The molecule has 0 bridgehead atoms. The zero-order chi connectivity index (χ0) is 11.3. The van der Waals surface area contributed by atoms with Gasteiger partial charge in [0, 0.05) is 14.2 Å². The molecule has 5 heteroatoms. The number of carbonyl (C=O) groups is 1. The molecule has 0 aliphatic heterocycles. The third-order valence-electron chi connectivity index (χ3n) is 2.02. The lowest BCUT2D eigenvalue weighted by Gasteiger charge is -2.13. The van der Waals surface area contributed by atoms with Crippen molar-refractivity contribution < 1.29 is 14.3 Å². The van der Waals surface area contributed by atoms with Crippen LogP contribution < -0.4 is 5.32 Å². The van der Waals surface area contributed by atoms with Crippen molar-refractivity contribution in [3.8, 4) is 0 Å². The molecule has 1 rings (SSSR count). The number of amides is 1. The quantitative estimate of drug-likeness (QED) is 0.776. The molecule has 0 atom stereocenters. The van der Waals surface area contributed by atoms with E-state index in [4.69, 9.17) is 9.47 Å². The lowest BCUT2D eigenvalue weighted by molar-refractivity contribution is -0.0974. The largest absolute Gasteiger partial charge is 0.354 e. The molecule has 0 unspecified atom stereocenters.